The fourth-order valence-electron chi connectivity index (χ4n) is 3.59. The quantitative estimate of drug-likeness (QED) is 0.244. The number of benzene rings is 4. The van der Waals surface area contributed by atoms with Crippen LogP contribution in [0.5, 0.6) is 11.5 Å². The lowest BCUT2D eigenvalue weighted by Gasteiger charge is -2.10. The highest BCUT2D eigenvalue weighted by Gasteiger charge is 2.12. The van der Waals surface area contributed by atoms with Crippen LogP contribution in [-0.4, -0.2) is 28.2 Å². The zero-order chi connectivity index (χ0) is 23.9. The van der Waals surface area contributed by atoms with E-state index in [0.717, 1.165) is 28.2 Å². The average molecular weight is 460 g/mol. The molecule has 0 bridgehead atoms. The Hall–Kier alpha value is -4.51. The van der Waals surface area contributed by atoms with Crippen LogP contribution in [0.2, 0.25) is 0 Å². The molecule has 0 unspecified atom stereocenters. The Balaban J connectivity index is 1.32. The van der Waals surface area contributed by atoms with Crippen molar-refractivity contribution >= 4 is 0 Å². The lowest BCUT2D eigenvalue weighted by atomic mass is 10.1. The summed E-state index contributed by atoms with van der Waals surface area (Å²) in [5.41, 5.74) is 3.99. The van der Waals surface area contributed by atoms with Crippen LogP contribution < -0.4 is 9.47 Å². The van der Waals surface area contributed by atoms with Crippen LogP contribution in [0.15, 0.2) is 109 Å². The van der Waals surface area contributed by atoms with Crippen molar-refractivity contribution in [3.63, 3.8) is 0 Å². The highest BCUT2D eigenvalue weighted by molar-refractivity contribution is 5.66. The number of nitrogens with zero attached hydrogens (tertiary/aromatic N) is 3. The molecule has 1 heterocycles. The molecule has 5 nitrogen and oxygen atoms in total. The molecular weight excluding hydrogens is 434 g/mol. The Morgan fingerprint density at radius 1 is 0.457 bits per heavy atom. The third-order valence-electron chi connectivity index (χ3n) is 5.45. The maximum atomic E-state index is 5.85. The summed E-state index contributed by atoms with van der Waals surface area (Å²) in [5.74, 6) is 3.51. The monoisotopic (exact) mass is 459 g/mol. The first-order valence-corrected chi connectivity index (χ1v) is 11.5. The summed E-state index contributed by atoms with van der Waals surface area (Å²) in [6, 6.07) is 35.7. The molecule has 35 heavy (non-hydrogen) atoms. The molecule has 5 rings (SSSR count). The van der Waals surface area contributed by atoms with Gasteiger partial charge in [-0.2, -0.15) is 0 Å². The predicted octanol–water partition coefficient (Wildman–Crippen LogP) is 6.64. The standard InChI is InChI=1S/C30H25N3O2/c1-22-12-16-26(17-13-22)34-20-21-35-27-18-14-25(15-19-27)30-32-28(23-8-4-2-5-9-23)31-29(33-30)24-10-6-3-7-11-24/h2-19H,20-21H2,1H3. The summed E-state index contributed by atoms with van der Waals surface area (Å²) < 4.78 is 11.6. The van der Waals surface area contributed by atoms with Gasteiger partial charge in [-0.3, -0.25) is 0 Å². The number of aryl methyl sites for hydroxylation is 1. The molecule has 172 valence electrons. The molecule has 0 N–H and O–H groups in total. The van der Waals surface area contributed by atoms with Gasteiger partial charge in [-0.1, -0.05) is 78.4 Å². The van der Waals surface area contributed by atoms with Gasteiger partial charge in [0.1, 0.15) is 24.7 Å². The molecule has 0 aliphatic carbocycles. The minimum atomic E-state index is 0.454. The van der Waals surface area contributed by atoms with Gasteiger partial charge in [-0.05, 0) is 43.3 Å². The second-order valence-corrected chi connectivity index (χ2v) is 8.07. The van der Waals surface area contributed by atoms with Gasteiger partial charge in [0, 0.05) is 16.7 Å². The van der Waals surface area contributed by atoms with E-state index in [0.29, 0.717) is 30.7 Å². The topological polar surface area (TPSA) is 57.1 Å². The molecule has 0 spiro atoms. The van der Waals surface area contributed by atoms with E-state index < -0.39 is 0 Å². The molecule has 1 aromatic heterocycles. The van der Waals surface area contributed by atoms with Gasteiger partial charge in [0.25, 0.3) is 0 Å². The van der Waals surface area contributed by atoms with E-state index in [-0.39, 0.29) is 0 Å². The molecule has 0 radical (unpaired) electrons. The van der Waals surface area contributed by atoms with Gasteiger partial charge in [-0.25, -0.2) is 15.0 Å². The summed E-state index contributed by atoms with van der Waals surface area (Å²) in [7, 11) is 0. The van der Waals surface area contributed by atoms with Gasteiger partial charge in [0.2, 0.25) is 0 Å². The van der Waals surface area contributed by atoms with Gasteiger partial charge in [-0.15, -0.1) is 0 Å². The maximum Gasteiger partial charge on any atom is 0.164 e. The molecule has 0 aliphatic heterocycles. The van der Waals surface area contributed by atoms with Crippen LogP contribution in [0.4, 0.5) is 0 Å². The minimum absolute atomic E-state index is 0.454. The second-order valence-electron chi connectivity index (χ2n) is 8.07. The number of ether oxygens (including phenoxy) is 2. The van der Waals surface area contributed by atoms with Crippen molar-refractivity contribution in [1.29, 1.82) is 0 Å². The van der Waals surface area contributed by atoms with E-state index in [1.54, 1.807) is 0 Å². The number of hydrogen-bond donors (Lipinski definition) is 0. The Morgan fingerprint density at radius 2 is 0.829 bits per heavy atom. The van der Waals surface area contributed by atoms with Gasteiger partial charge in [0.15, 0.2) is 17.5 Å². The van der Waals surface area contributed by atoms with Crippen molar-refractivity contribution in [2.75, 3.05) is 13.2 Å². The van der Waals surface area contributed by atoms with E-state index in [4.69, 9.17) is 24.4 Å². The summed E-state index contributed by atoms with van der Waals surface area (Å²) in [6.07, 6.45) is 0. The second kappa shape index (κ2) is 10.6. The predicted molar refractivity (Wildman–Crippen MR) is 138 cm³/mol. The Bertz CT molecular complexity index is 1310. The first kappa shape index (κ1) is 22.3. The summed E-state index contributed by atoms with van der Waals surface area (Å²) in [4.78, 5) is 14.3. The molecule has 0 saturated carbocycles. The van der Waals surface area contributed by atoms with Crippen molar-refractivity contribution < 1.29 is 9.47 Å². The molecule has 0 amide bonds. The SMILES string of the molecule is Cc1ccc(OCCOc2ccc(-c3nc(-c4ccccc4)nc(-c4ccccc4)n3)cc2)cc1. The first-order valence-electron chi connectivity index (χ1n) is 11.5. The van der Waals surface area contributed by atoms with E-state index >= 15 is 0 Å². The largest absolute Gasteiger partial charge is 0.490 e. The molecule has 4 aromatic carbocycles. The minimum Gasteiger partial charge on any atom is -0.490 e. The Kier molecular flexibility index (Phi) is 6.76. The normalized spacial score (nSPS) is 10.7. The highest BCUT2D eigenvalue weighted by atomic mass is 16.5. The third-order valence-corrected chi connectivity index (χ3v) is 5.45. The third kappa shape index (κ3) is 5.71. The highest BCUT2D eigenvalue weighted by Crippen LogP contribution is 2.25. The maximum absolute atomic E-state index is 5.85. The molecule has 0 atom stereocenters. The van der Waals surface area contributed by atoms with Crippen LogP contribution in [-0.2, 0) is 0 Å². The van der Waals surface area contributed by atoms with Crippen LogP contribution in [0.3, 0.4) is 0 Å². The van der Waals surface area contributed by atoms with Crippen LogP contribution in [0.25, 0.3) is 34.2 Å². The number of aromatic nitrogens is 3. The molecular formula is C30H25N3O2. The Morgan fingerprint density at radius 3 is 1.26 bits per heavy atom. The molecule has 5 heteroatoms. The molecule has 0 fully saturated rings. The first-order chi connectivity index (χ1) is 17.2. The smallest absolute Gasteiger partial charge is 0.164 e. The van der Waals surface area contributed by atoms with E-state index in [1.165, 1.54) is 5.56 Å². The Labute approximate surface area is 205 Å². The fraction of sp³-hybridized carbons (Fsp3) is 0.100. The average Bonchev–Trinajstić information content (AvgIpc) is 2.93. The fourth-order valence-corrected chi connectivity index (χ4v) is 3.59. The summed E-state index contributed by atoms with van der Waals surface area (Å²) >= 11 is 0. The summed E-state index contributed by atoms with van der Waals surface area (Å²) in [6.45, 7) is 2.98. The molecule has 0 aliphatic rings. The van der Waals surface area contributed by atoms with E-state index in [1.807, 2.05) is 109 Å². The van der Waals surface area contributed by atoms with Crippen LogP contribution in [0, 0.1) is 6.92 Å². The van der Waals surface area contributed by atoms with E-state index in [2.05, 4.69) is 6.92 Å². The van der Waals surface area contributed by atoms with Crippen LogP contribution >= 0.6 is 0 Å². The number of rotatable bonds is 8. The van der Waals surface area contributed by atoms with E-state index in [9.17, 15) is 0 Å². The zero-order valence-corrected chi connectivity index (χ0v) is 19.5. The molecule has 0 saturated heterocycles. The van der Waals surface area contributed by atoms with Crippen molar-refractivity contribution in [3.05, 3.63) is 115 Å². The number of hydrogen-bond acceptors (Lipinski definition) is 5. The zero-order valence-electron chi connectivity index (χ0n) is 19.5. The molecule has 5 aromatic rings. The van der Waals surface area contributed by atoms with Crippen molar-refractivity contribution in [3.8, 4) is 45.7 Å². The summed E-state index contributed by atoms with van der Waals surface area (Å²) in [5, 5.41) is 0. The van der Waals surface area contributed by atoms with Gasteiger partial charge in [0.05, 0.1) is 0 Å². The van der Waals surface area contributed by atoms with Gasteiger partial charge >= 0.3 is 0 Å². The van der Waals surface area contributed by atoms with Gasteiger partial charge < -0.3 is 9.47 Å². The van der Waals surface area contributed by atoms with Crippen molar-refractivity contribution in [2.24, 2.45) is 0 Å². The lowest BCUT2D eigenvalue weighted by Crippen LogP contribution is -2.08. The lowest BCUT2D eigenvalue weighted by molar-refractivity contribution is 0.217. The van der Waals surface area contributed by atoms with Crippen LogP contribution in [0.1, 0.15) is 5.56 Å². The van der Waals surface area contributed by atoms with Crippen molar-refractivity contribution in [1.82, 2.24) is 15.0 Å². The van der Waals surface area contributed by atoms with Crippen molar-refractivity contribution in [2.45, 2.75) is 6.92 Å².